The van der Waals surface area contributed by atoms with E-state index in [1.807, 2.05) is 6.92 Å². The van der Waals surface area contributed by atoms with Crippen LogP contribution in [-0.2, 0) is 6.42 Å². The highest BCUT2D eigenvalue weighted by Gasteiger charge is 2.62. The fourth-order valence-electron chi connectivity index (χ4n) is 6.20. The summed E-state index contributed by atoms with van der Waals surface area (Å²) in [4.78, 5) is 0. The molecule has 1 aromatic carbocycles. The van der Waals surface area contributed by atoms with E-state index >= 15 is 0 Å². The summed E-state index contributed by atoms with van der Waals surface area (Å²) >= 11 is 0. The van der Waals surface area contributed by atoms with Gasteiger partial charge in [0, 0.05) is 0 Å². The third-order valence-corrected chi connectivity index (χ3v) is 7.69. The molecular weight excluding hydrogens is 300 g/mol. The zero-order valence-corrected chi connectivity index (χ0v) is 15.1. The molecule has 0 amide bonds. The van der Waals surface area contributed by atoms with Gasteiger partial charge in [-0.2, -0.15) is 0 Å². The summed E-state index contributed by atoms with van der Waals surface area (Å²) in [5.41, 5.74) is 1.89. The minimum absolute atomic E-state index is 0.129. The Morgan fingerprint density at radius 1 is 1.29 bits per heavy atom. The maximum absolute atomic E-state index is 11.0. The van der Waals surface area contributed by atoms with Gasteiger partial charge in [-0.1, -0.05) is 19.9 Å². The third kappa shape index (κ3) is 2.10. The van der Waals surface area contributed by atoms with Crippen molar-refractivity contribution < 1.29 is 14.9 Å². The zero-order valence-electron chi connectivity index (χ0n) is 15.1. The summed E-state index contributed by atoms with van der Waals surface area (Å²) in [7, 11) is 1.73. The van der Waals surface area contributed by atoms with Crippen LogP contribution in [0.1, 0.15) is 63.0 Å². The molecule has 3 aliphatic rings. The van der Waals surface area contributed by atoms with E-state index in [1.165, 1.54) is 11.1 Å². The van der Waals surface area contributed by atoms with Crippen LogP contribution in [0, 0.1) is 17.3 Å². The Kier molecular flexibility index (Phi) is 3.74. The smallest absolute Gasteiger partial charge is 0.119 e. The van der Waals surface area contributed by atoms with Crippen molar-refractivity contribution in [3.8, 4) is 5.75 Å². The maximum atomic E-state index is 11.0. The summed E-state index contributed by atoms with van der Waals surface area (Å²) in [5.74, 6) is 2.53. The van der Waals surface area contributed by atoms with Crippen molar-refractivity contribution in [3.63, 3.8) is 0 Å². The van der Waals surface area contributed by atoms with Crippen LogP contribution in [0.3, 0.4) is 0 Å². The lowest BCUT2D eigenvalue weighted by atomic mass is 9.55. The standard InChI is InChI=1S/C21H30O3/c1-4-21(23)12-18-17-7-5-13-11-14(24-3)6-8-15(13)16(17)9-10-20(18,2)19(21)22/h6,8,11,16-19,22-23H,4-5,7,9-10,12H2,1-3H3. The Labute approximate surface area is 145 Å². The maximum Gasteiger partial charge on any atom is 0.119 e. The lowest BCUT2D eigenvalue weighted by Gasteiger charge is -2.50. The van der Waals surface area contributed by atoms with E-state index in [1.54, 1.807) is 7.11 Å². The molecular formula is C21H30O3. The normalized spacial score (nSPS) is 43.7. The van der Waals surface area contributed by atoms with Gasteiger partial charge in [0.15, 0.2) is 0 Å². The van der Waals surface area contributed by atoms with Crippen LogP contribution in [0.15, 0.2) is 18.2 Å². The molecule has 0 spiro atoms. The van der Waals surface area contributed by atoms with Gasteiger partial charge in [-0.05, 0) is 85.0 Å². The van der Waals surface area contributed by atoms with Gasteiger partial charge in [-0.25, -0.2) is 0 Å². The molecule has 1 aromatic rings. The number of benzene rings is 1. The van der Waals surface area contributed by atoms with E-state index in [4.69, 9.17) is 4.74 Å². The Morgan fingerprint density at radius 3 is 2.79 bits per heavy atom. The highest BCUT2D eigenvalue weighted by molar-refractivity contribution is 5.41. The SMILES string of the molecule is CCC1(O)CC2C3CCc4cc(OC)ccc4C3CCC2(C)C1O. The number of rotatable bonds is 2. The molecule has 4 rings (SSSR count). The highest BCUT2D eigenvalue weighted by Crippen LogP contribution is 2.63. The van der Waals surface area contributed by atoms with Gasteiger partial charge in [-0.15, -0.1) is 0 Å². The first-order valence-corrected chi connectivity index (χ1v) is 9.50. The first-order valence-electron chi connectivity index (χ1n) is 9.50. The molecule has 0 aromatic heterocycles. The molecule has 0 saturated heterocycles. The number of fused-ring (bicyclic) bond motifs is 5. The molecule has 132 valence electrons. The first kappa shape index (κ1) is 16.4. The number of aryl methyl sites for hydroxylation is 1. The number of aliphatic hydroxyl groups excluding tert-OH is 1. The second kappa shape index (κ2) is 5.47. The summed E-state index contributed by atoms with van der Waals surface area (Å²) < 4.78 is 5.39. The minimum Gasteiger partial charge on any atom is -0.497 e. The Balaban J connectivity index is 1.69. The molecule has 24 heavy (non-hydrogen) atoms. The van der Waals surface area contributed by atoms with Gasteiger partial charge in [0.25, 0.3) is 0 Å². The van der Waals surface area contributed by atoms with E-state index in [2.05, 4.69) is 25.1 Å². The lowest BCUT2D eigenvalue weighted by molar-refractivity contribution is -0.101. The predicted octanol–water partition coefficient (Wildman–Crippen LogP) is 3.66. The average Bonchev–Trinajstić information content (AvgIpc) is 2.82. The Hall–Kier alpha value is -1.06. The van der Waals surface area contributed by atoms with Gasteiger partial charge < -0.3 is 14.9 Å². The van der Waals surface area contributed by atoms with Gasteiger partial charge >= 0.3 is 0 Å². The van der Waals surface area contributed by atoms with E-state index < -0.39 is 11.7 Å². The van der Waals surface area contributed by atoms with Crippen LogP contribution >= 0.6 is 0 Å². The van der Waals surface area contributed by atoms with Gasteiger partial charge in [0.05, 0.1) is 18.8 Å². The largest absolute Gasteiger partial charge is 0.497 e. The number of aliphatic hydroxyl groups is 2. The molecule has 2 fully saturated rings. The van der Waals surface area contributed by atoms with Crippen molar-refractivity contribution in [2.24, 2.45) is 17.3 Å². The number of hydrogen-bond donors (Lipinski definition) is 2. The third-order valence-electron chi connectivity index (χ3n) is 7.69. The molecule has 3 aliphatic carbocycles. The van der Waals surface area contributed by atoms with E-state index in [9.17, 15) is 10.2 Å². The Morgan fingerprint density at radius 2 is 2.08 bits per heavy atom. The van der Waals surface area contributed by atoms with Gasteiger partial charge in [0.2, 0.25) is 0 Å². The predicted molar refractivity (Wildman–Crippen MR) is 94.2 cm³/mol. The summed E-state index contributed by atoms with van der Waals surface area (Å²) in [6.07, 6.45) is 5.19. The molecule has 0 radical (unpaired) electrons. The van der Waals surface area contributed by atoms with Crippen molar-refractivity contribution in [3.05, 3.63) is 29.3 Å². The minimum atomic E-state index is -0.894. The number of methoxy groups -OCH3 is 1. The lowest BCUT2D eigenvalue weighted by Crippen LogP contribution is -2.47. The second-order valence-electron chi connectivity index (χ2n) is 8.59. The first-order chi connectivity index (χ1) is 11.4. The number of hydrogen-bond acceptors (Lipinski definition) is 3. The van der Waals surface area contributed by atoms with E-state index in [0.717, 1.165) is 37.9 Å². The van der Waals surface area contributed by atoms with Crippen molar-refractivity contribution >= 4 is 0 Å². The summed E-state index contributed by atoms with van der Waals surface area (Å²) in [6.45, 7) is 4.22. The van der Waals surface area contributed by atoms with Crippen molar-refractivity contribution in [1.29, 1.82) is 0 Å². The van der Waals surface area contributed by atoms with Crippen LogP contribution in [0.2, 0.25) is 0 Å². The fraction of sp³-hybridized carbons (Fsp3) is 0.714. The van der Waals surface area contributed by atoms with Crippen LogP contribution in [0.4, 0.5) is 0 Å². The second-order valence-corrected chi connectivity index (χ2v) is 8.59. The summed E-state index contributed by atoms with van der Waals surface area (Å²) in [5, 5.41) is 21.8. The molecule has 3 heteroatoms. The monoisotopic (exact) mass is 330 g/mol. The van der Waals surface area contributed by atoms with Gasteiger partial charge in [-0.3, -0.25) is 0 Å². The molecule has 2 N–H and O–H groups in total. The van der Waals surface area contributed by atoms with Crippen LogP contribution in [-0.4, -0.2) is 29.0 Å². The summed E-state index contributed by atoms with van der Waals surface area (Å²) in [6, 6.07) is 6.54. The quantitative estimate of drug-likeness (QED) is 0.870. The number of ether oxygens (including phenoxy) is 1. The molecule has 0 aliphatic heterocycles. The van der Waals surface area contributed by atoms with Crippen molar-refractivity contribution in [1.82, 2.24) is 0 Å². The molecule has 0 bridgehead atoms. The molecule has 6 atom stereocenters. The van der Waals surface area contributed by atoms with E-state index in [-0.39, 0.29) is 5.41 Å². The van der Waals surface area contributed by atoms with Crippen LogP contribution in [0.5, 0.6) is 5.75 Å². The molecule has 3 nitrogen and oxygen atoms in total. The van der Waals surface area contributed by atoms with Crippen LogP contribution in [0.25, 0.3) is 0 Å². The average molecular weight is 330 g/mol. The van der Waals surface area contributed by atoms with Crippen LogP contribution < -0.4 is 4.74 Å². The van der Waals surface area contributed by atoms with Gasteiger partial charge in [0.1, 0.15) is 5.75 Å². The van der Waals surface area contributed by atoms with Crippen molar-refractivity contribution in [2.45, 2.75) is 70.0 Å². The van der Waals surface area contributed by atoms with Crippen molar-refractivity contribution in [2.75, 3.05) is 7.11 Å². The molecule has 0 heterocycles. The topological polar surface area (TPSA) is 49.7 Å². The van der Waals surface area contributed by atoms with E-state index in [0.29, 0.717) is 24.2 Å². The molecule has 2 saturated carbocycles. The Bertz CT molecular complexity index is 642. The zero-order chi connectivity index (χ0) is 17.1. The molecule has 6 unspecified atom stereocenters. The highest BCUT2D eigenvalue weighted by atomic mass is 16.5. The fourth-order valence-corrected chi connectivity index (χ4v) is 6.20.